The highest BCUT2D eigenvalue weighted by Gasteiger charge is 2.33. The summed E-state index contributed by atoms with van der Waals surface area (Å²) in [5, 5.41) is 12.3. The van der Waals surface area contributed by atoms with Crippen molar-refractivity contribution >= 4 is 29.2 Å². The summed E-state index contributed by atoms with van der Waals surface area (Å²) in [4.78, 5) is 36.3. The van der Waals surface area contributed by atoms with E-state index < -0.39 is 23.7 Å². The number of piperidine rings is 1. The molecule has 0 spiro atoms. The Morgan fingerprint density at radius 1 is 1.06 bits per heavy atom. The molecule has 0 aromatic heterocycles. The topological polar surface area (TPSA) is 98.7 Å². The van der Waals surface area contributed by atoms with E-state index in [2.05, 4.69) is 22.1 Å². The lowest BCUT2D eigenvalue weighted by Gasteiger charge is -2.28. The molecule has 0 bridgehead atoms. The van der Waals surface area contributed by atoms with E-state index in [0.717, 1.165) is 38.1 Å². The van der Waals surface area contributed by atoms with Gasteiger partial charge in [-0.1, -0.05) is 30.8 Å². The van der Waals surface area contributed by atoms with E-state index in [1.54, 1.807) is 24.3 Å². The van der Waals surface area contributed by atoms with Gasteiger partial charge in [0.15, 0.2) is 5.78 Å². The molecule has 1 heterocycles. The van der Waals surface area contributed by atoms with Crippen molar-refractivity contribution in [3.63, 3.8) is 0 Å². The number of hydrogen-bond acceptors (Lipinski definition) is 4. The van der Waals surface area contributed by atoms with Crippen molar-refractivity contribution in [2.24, 2.45) is 5.92 Å². The summed E-state index contributed by atoms with van der Waals surface area (Å²) in [5.41, 5.74) is -0.448. The molecular weight excluding hydrogens is 451 g/mol. The molecule has 1 aliphatic rings. The Morgan fingerprint density at radius 2 is 1.68 bits per heavy atom. The maximum atomic E-state index is 13.1. The number of para-hydroxylation sites is 1. The highest BCUT2D eigenvalue weighted by atomic mass is 19.4. The number of alkyl halides is 3. The first-order chi connectivity index (χ1) is 16.0. The minimum Gasteiger partial charge on any atom is -0.478 e. The first kappa shape index (κ1) is 26.6. The van der Waals surface area contributed by atoms with Crippen molar-refractivity contribution < 1.29 is 32.7 Å². The number of carbonyl (C=O) groups is 3. The molecule has 7 nitrogen and oxygen atoms in total. The maximum Gasteiger partial charge on any atom is 0.418 e. The second kappa shape index (κ2) is 12.0. The number of nitrogens with one attached hydrogen (secondary N) is 2. The van der Waals surface area contributed by atoms with Gasteiger partial charge in [-0.25, -0.2) is 9.59 Å². The number of anilines is 2. The molecule has 0 aliphatic carbocycles. The number of rotatable bonds is 5. The van der Waals surface area contributed by atoms with Gasteiger partial charge in [-0.2, -0.15) is 13.2 Å². The number of likely N-dealkylation sites (tertiary alicyclic amines) is 1. The third kappa shape index (κ3) is 8.04. The van der Waals surface area contributed by atoms with Crippen LogP contribution < -0.4 is 10.6 Å². The number of carboxylic acid groups (broad SMARTS) is 1. The Labute approximate surface area is 195 Å². The number of urea groups is 1. The van der Waals surface area contributed by atoms with Crippen LogP contribution in [0.25, 0.3) is 0 Å². The number of Topliss-reactive ketones (excluding diaryl/α,β-unsaturated/α-hetero) is 1. The van der Waals surface area contributed by atoms with Gasteiger partial charge >= 0.3 is 18.2 Å². The number of halogens is 3. The largest absolute Gasteiger partial charge is 0.478 e. The Morgan fingerprint density at radius 3 is 2.26 bits per heavy atom. The predicted octanol–water partition coefficient (Wildman–Crippen LogP) is 5.13. The molecule has 1 aliphatic heterocycles. The number of hydrogen-bond donors (Lipinski definition) is 3. The summed E-state index contributed by atoms with van der Waals surface area (Å²) in [7, 11) is 2.01. The third-order valence-electron chi connectivity index (χ3n) is 5.15. The van der Waals surface area contributed by atoms with E-state index in [9.17, 15) is 27.6 Å². The second-order valence-electron chi connectivity index (χ2n) is 7.69. The van der Waals surface area contributed by atoms with E-state index in [1.807, 2.05) is 7.05 Å². The monoisotopic (exact) mass is 477 g/mol. The van der Waals surface area contributed by atoms with Crippen molar-refractivity contribution in [1.29, 1.82) is 0 Å². The fourth-order valence-corrected chi connectivity index (χ4v) is 3.38. The molecule has 10 heteroatoms. The number of amides is 2. The van der Waals surface area contributed by atoms with Gasteiger partial charge in [0.1, 0.15) is 0 Å². The number of carbonyl (C=O) groups excluding carboxylic acids is 2. The molecule has 34 heavy (non-hydrogen) atoms. The summed E-state index contributed by atoms with van der Waals surface area (Å²) in [5.74, 6) is -1.02. The molecule has 3 rings (SSSR count). The van der Waals surface area contributed by atoms with Gasteiger partial charge in [-0.15, -0.1) is 0 Å². The lowest BCUT2D eigenvalue weighted by Crippen LogP contribution is -2.33. The van der Waals surface area contributed by atoms with Crippen LogP contribution in [0.3, 0.4) is 0 Å². The quantitative estimate of drug-likeness (QED) is 0.410. The predicted molar refractivity (Wildman–Crippen MR) is 123 cm³/mol. The number of nitrogens with zero attached hydrogens (tertiary/aromatic N) is 1. The van der Waals surface area contributed by atoms with Gasteiger partial charge in [0.25, 0.3) is 0 Å². The molecule has 2 aromatic carbocycles. The van der Waals surface area contributed by atoms with Crippen LogP contribution in [0.4, 0.5) is 29.3 Å². The zero-order chi connectivity index (χ0) is 25.3. The first-order valence-corrected chi connectivity index (χ1v) is 10.4. The standard InChI is InChI=1S/C21H22F3N3O2.C3H4O2/c1-27-11-9-14(10-12-27)19(28)15-5-4-6-16(13-15)25-20(29)26-18-8-3-2-7-17(18)21(22,23)24;1-2-3(4)5/h2-8,13-14H,9-12H2,1H3,(H2,25,26,29);2H,1H2,(H,4,5). The van der Waals surface area contributed by atoms with Crippen LogP contribution in [-0.2, 0) is 11.0 Å². The van der Waals surface area contributed by atoms with Gasteiger partial charge in [0, 0.05) is 23.2 Å². The minimum absolute atomic E-state index is 0.0181. The fourth-order valence-electron chi connectivity index (χ4n) is 3.38. The fraction of sp³-hybridized carbons (Fsp3) is 0.292. The van der Waals surface area contributed by atoms with Gasteiger partial charge in [-0.05, 0) is 57.2 Å². The van der Waals surface area contributed by atoms with Crippen LogP contribution in [0.5, 0.6) is 0 Å². The summed E-state index contributed by atoms with van der Waals surface area (Å²) < 4.78 is 39.2. The van der Waals surface area contributed by atoms with Crippen molar-refractivity contribution in [2.45, 2.75) is 19.0 Å². The molecule has 182 valence electrons. The van der Waals surface area contributed by atoms with Crippen LogP contribution in [0.1, 0.15) is 28.8 Å². The van der Waals surface area contributed by atoms with E-state index in [-0.39, 0.29) is 17.4 Å². The van der Waals surface area contributed by atoms with Crippen LogP contribution in [0, 0.1) is 5.92 Å². The van der Waals surface area contributed by atoms with Crippen molar-refractivity contribution in [2.75, 3.05) is 30.8 Å². The molecular formula is C24H26F3N3O4. The van der Waals surface area contributed by atoms with Gasteiger partial charge < -0.3 is 20.6 Å². The summed E-state index contributed by atoms with van der Waals surface area (Å²) in [6.07, 6.45) is -2.19. The number of benzene rings is 2. The van der Waals surface area contributed by atoms with Crippen molar-refractivity contribution in [3.8, 4) is 0 Å². The molecule has 3 N–H and O–H groups in total. The Kier molecular flexibility index (Phi) is 9.37. The first-order valence-electron chi connectivity index (χ1n) is 10.4. The average molecular weight is 477 g/mol. The van der Waals surface area contributed by atoms with Gasteiger partial charge in [-0.3, -0.25) is 4.79 Å². The molecule has 2 aromatic rings. The molecule has 1 saturated heterocycles. The summed E-state index contributed by atoms with van der Waals surface area (Å²) >= 11 is 0. The zero-order valence-electron chi connectivity index (χ0n) is 18.6. The molecule has 0 atom stereocenters. The smallest absolute Gasteiger partial charge is 0.418 e. The Balaban J connectivity index is 0.000000739. The van der Waals surface area contributed by atoms with Crippen LogP contribution in [-0.4, -0.2) is 47.9 Å². The highest BCUT2D eigenvalue weighted by molar-refractivity contribution is 6.02. The molecule has 0 saturated carbocycles. The lowest BCUT2D eigenvalue weighted by atomic mass is 9.89. The van der Waals surface area contributed by atoms with Crippen LogP contribution in [0.15, 0.2) is 61.2 Å². The SMILES string of the molecule is C=CC(=O)O.CN1CCC(C(=O)c2cccc(NC(=O)Nc3ccccc3C(F)(F)F)c2)CC1. The normalized spacial score (nSPS) is 14.4. The molecule has 1 fully saturated rings. The van der Waals surface area contributed by atoms with Crippen molar-refractivity contribution in [3.05, 3.63) is 72.3 Å². The lowest BCUT2D eigenvalue weighted by molar-refractivity contribution is -0.137. The summed E-state index contributed by atoms with van der Waals surface area (Å²) in [6.45, 7) is 4.67. The highest BCUT2D eigenvalue weighted by Crippen LogP contribution is 2.34. The third-order valence-corrected chi connectivity index (χ3v) is 5.15. The van der Waals surface area contributed by atoms with Gasteiger partial charge in [0.05, 0.1) is 11.3 Å². The van der Waals surface area contributed by atoms with Crippen molar-refractivity contribution in [1.82, 2.24) is 4.90 Å². The number of ketones is 1. The molecule has 0 unspecified atom stereocenters. The second-order valence-corrected chi connectivity index (χ2v) is 7.69. The van der Waals surface area contributed by atoms with Crippen LogP contribution >= 0.6 is 0 Å². The zero-order valence-corrected chi connectivity index (χ0v) is 18.6. The maximum absolute atomic E-state index is 13.1. The molecule has 0 radical (unpaired) electrons. The number of carboxylic acids is 1. The molecule has 2 amide bonds. The summed E-state index contributed by atoms with van der Waals surface area (Å²) in [6, 6.07) is 10.4. The average Bonchev–Trinajstić information content (AvgIpc) is 2.79. The van der Waals surface area contributed by atoms with E-state index in [1.165, 1.54) is 18.2 Å². The van der Waals surface area contributed by atoms with E-state index in [0.29, 0.717) is 11.3 Å². The number of aliphatic carboxylic acids is 1. The minimum atomic E-state index is -4.58. The van der Waals surface area contributed by atoms with E-state index >= 15 is 0 Å². The Bertz CT molecular complexity index is 1030. The van der Waals surface area contributed by atoms with E-state index in [4.69, 9.17) is 5.11 Å². The Hall–Kier alpha value is -3.66. The van der Waals surface area contributed by atoms with Crippen LogP contribution in [0.2, 0.25) is 0 Å². The van der Waals surface area contributed by atoms with Gasteiger partial charge in [0.2, 0.25) is 0 Å².